The van der Waals surface area contributed by atoms with E-state index >= 15 is 0 Å². The van der Waals surface area contributed by atoms with E-state index < -0.39 is 11.8 Å². The average Bonchev–Trinajstić information content (AvgIpc) is 2.53. The molecule has 1 unspecified atom stereocenters. The van der Waals surface area contributed by atoms with Gasteiger partial charge in [0.15, 0.2) is 0 Å². The van der Waals surface area contributed by atoms with Crippen LogP contribution in [0.3, 0.4) is 0 Å². The molecule has 0 spiro atoms. The van der Waals surface area contributed by atoms with Gasteiger partial charge in [0.1, 0.15) is 5.83 Å². The number of carbonyl (C=O) groups is 1. The third-order valence-corrected chi connectivity index (χ3v) is 3.55. The van der Waals surface area contributed by atoms with Gasteiger partial charge in [0.25, 0.3) is 0 Å². The van der Waals surface area contributed by atoms with Gasteiger partial charge < -0.3 is 10.2 Å². The second-order valence-electron chi connectivity index (χ2n) is 5.82. The van der Waals surface area contributed by atoms with Crippen molar-refractivity contribution in [1.82, 2.24) is 0 Å². The van der Waals surface area contributed by atoms with Gasteiger partial charge >= 0.3 is 5.97 Å². The topological polar surface area (TPSA) is 57.5 Å². The Kier molecular flexibility index (Phi) is 15.1. The Morgan fingerprint density at radius 3 is 2.42 bits per heavy atom. The van der Waals surface area contributed by atoms with E-state index in [-0.39, 0.29) is 6.10 Å². The molecule has 0 aromatic carbocycles. The summed E-state index contributed by atoms with van der Waals surface area (Å²) in [5.41, 5.74) is 0. The van der Waals surface area contributed by atoms with Crippen molar-refractivity contribution in [2.24, 2.45) is 0 Å². The van der Waals surface area contributed by atoms with Crippen molar-refractivity contribution in [1.29, 1.82) is 0 Å². The van der Waals surface area contributed by atoms with Crippen molar-refractivity contribution in [3.63, 3.8) is 0 Å². The number of carboxylic acid groups (broad SMARTS) is 1. The van der Waals surface area contributed by atoms with Crippen LogP contribution in [0.5, 0.6) is 0 Å². The van der Waals surface area contributed by atoms with Crippen LogP contribution in [0.4, 0.5) is 4.39 Å². The summed E-state index contributed by atoms with van der Waals surface area (Å²) in [4.78, 5) is 10.2. The molecule has 0 bridgehead atoms. The first kappa shape index (κ1) is 22.3. The van der Waals surface area contributed by atoms with Gasteiger partial charge in [-0.15, -0.1) is 0 Å². The molecule has 0 amide bonds. The highest BCUT2D eigenvalue weighted by atomic mass is 19.1. The second kappa shape index (κ2) is 16.2. The Balaban J connectivity index is 3.72. The molecule has 0 heterocycles. The maximum atomic E-state index is 13.2. The van der Waals surface area contributed by atoms with Crippen LogP contribution in [-0.4, -0.2) is 22.3 Å². The average molecular weight is 338 g/mol. The van der Waals surface area contributed by atoms with Gasteiger partial charge in [0.05, 0.1) is 6.10 Å². The number of rotatable bonds is 14. The molecule has 0 aromatic heterocycles. The Morgan fingerprint density at radius 1 is 1.00 bits per heavy atom. The molecule has 0 aliphatic rings. The Hall–Kier alpha value is -1.68. The molecular weight excluding hydrogens is 307 g/mol. The van der Waals surface area contributed by atoms with Crippen LogP contribution in [0.25, 0.3) is 0 Å². The summed E-state index contributed by atoms with van der Waals surface area (Å²) in [5.74, 6) is -1.62. The SMILES string of the molecule is CCCCCCCCC(O)CCC=CC=CC(F)=CC=CC(=O)O. The second-order valence-corrected chi connectivity index (χ2v) is 5.82. The van der Waals surface area contributed by atoms with Crippen LogP contribution in [0.15, 0.2) is 48.4 Å². The van der Waals surface area contributed by atoms with Gasteiger partial charge in [-0.25, -0.2) is 9.18 Å². The van der Waals surface area contributed by atoms with E-state index in [2.05, 4.69) is 6.92 Å². The molecule has 0 saturated carbocycles. The van der Waals surface area contributed by atoms with Gasteiger partial charge in [-0.1, -0.05) is 69.8 Å². The molecule has 0 rings (SSSR count). The first-order valence-corrected chi connectivity index (χ1v) is 8.84. The molecule has 0 saturated heterocycles. The molecule has 2 N–H and O–H groups in total. The van der Waals surface area contributed by atoms with Crippen molar-refractivity contribution in [2.75, 3.05) is 0 Å². The number of aliphatic carboxylic acids is 1. The van der Waals surface area contributed by atoms with Crippen LogP contribution in [0.1, 0.15) is 64.7 Å². The molecule has 0 aromatic rings. The fourth-order valence-corrected chi connectivity index (χ4v) is 2.19. The highest BCUT2D eigenvalue weighted by Gasteiger charge is 2.02. The zero-order chi connectivity index (χ0) is 18.0. The van der Waals surface area contributed by atoms with Crippen LogP contribution < -0.4 is 0 Å². The highest BCUT2D eigenvalue weighted by Crippen LogP contribution is 2.11. The van der Waals surface area contributed by atoms with E-state index in [0.717, 1.165) is 43.9 Å². The molecular formula is C20H31FO3. The fourth-order valence-electron chi connectivity index (χ4n) is 2.19. The predicted molar refractivity (Wildman–Crippen MR) is 97.5 cm³/mol. The van der Waals surface area contributed by atoms with Crippen molar-refractivity contribution < 1.29 is 19.4 Å². The van der Waals surface area contributed by atoms with Gasteiger partial charge in [0.2, 0.25) is 0 Å². The number of carboxylic acids is 1. The Labute approximate surface area is 145 Å². The van der Waals surface area contributed by atoms with Crippen molar-refractivity contribution in [2.45, 2.75) is 70.8 Å². The lowest BCUT2D eigenvalue weighted by atomic mass is 10.0. The number of allylic oxidation sites excluding steroid dienone is 7. The van der Waals surface area contributed by atoms with Crippen molar-refractivity contribution in [3.8, 4) is 0 Å². The largest absolute Gasteiger partial charge is 0.478 e. The molecule has 136 valence electrons. The summed E-state index contributed by atoms with van der Waals surface area (Å²) in [6, 6.07) is 0. The van der Waals surface area contributed by atoms with Gasteiger partial charge in [-0.3, -0.25) is 0 Å². The van der Waals surface area contributed by atoms with Crippen LogP contribution in [0, 0.1) is 0 Å². The number of aliphatic hydroxyl groups is 1. The monoisotopic (exact) mass is 338 g/mol. The minimum Gasteiger partial charge on any atom is -0.478 e. The Morgan fingerprint density at radius 2 is 1.71 bits per heavy atom. The number of hydrogen-bond donors (Lipinski definition) is 2. The molecule has 0 radical (unpaired) electrons. The van der Waals surface area contributed by atoms with E-state index in [1.165, 1.54) is 38.2 Å². The van der Waals surface area contributed by atoms with Gasteiger partial charge in [0, 0.05) is 6.08 Å². The maximum absolute atomic E-state index is 13.2. The van der Waals surface area contributed by atoms with Gasteiger partial charge in [-0.05, 0) is 31.4 Å². The summed E-state index contributed by atoms with van der Waals surface area (Å²) in [7, 11) is 0. The summed E-state index contributed by atoms with van der Waals surface area (Å²) >= 11 is 0. The summed E-state index contributed by atoms with van der Waals surface area (Å²) in [6.45, 7) is 2.20. The zero-order valence-electron chi connectivity index (χ0n) is 14.7. The normalized spacial score (nSPS) is 14.2. The molecule has 0 fully saturated rings. The number of aliphatic hydroxyl groups excluding tert-OH is 1. The van der Waals surface area contributed by atoms with Crippen molar-refractivity contribution in [3.05, 3.63) is 48.4 Å². The lowest BCUT2D eigenvalue weighted by Gasteiger charge is -2.08. The zero-order valence-corrected chi connectivity index (χ0v) is 14.7. The first-order chi connectivity index (χ1) is 11.6. The first-order valence-electron chi connectivity index (χ1n) is 8.84. The quantitative estimate of drug-likeness (QED) is 0.250. The number of halogens is 1. The van der Waals surface area contributed by atoms with Crippen LogP contribution in [0.2, 0.25) is 0 Å². The minimum atomic E-state index is -1.11. The third kappa shape index (κ3) is 16.7. The molecule has 0 aliphatic carbocycles. The molecule has 1 atom stereocenters. The molecule has 0 aliphatic heterocycles. The number of unbranched alkanes of at least 4 members (excludes halogenated alkanes) is 5. The third-order valence-electron chi connectivity index (χ3n) is 3.55. The smallest absolute Gasteiger partial charge is 0.328 e. The summed E-state index contributed by atoms with van der Waals surface area (Å²) in [6.07, 6.45) is 19.0. The molecule has 4 heteroatoms. The van der Waals surface area contributed by atoms with Crippen LogP contribution in [-0.2, 0) is 4.79 Å². The van der Waals surface area contributed by atoms with Gasteiger partial charge in [-0.2, -0.15) is 0 Å². The lowest BCUT2D eigenvalue weighted by Crippen LogP contribution is -2.05. The Bertz CT molecular complexity index is 436. The van der Waals surface area contributed by atoms with E-state index in [9.17, 15) is 14.3 Å². The van der Waals surface area contributed by atoms with E-state index in [4.69, 9.17) is 5.11 Å². The fraction of sp³-hybridized carbons (Fsp3) is 0.550. The molecule has 3 nitrogen and oxygen atoms in total. The highest BCUT2D eigenvalue weighted by molar-refractivity contribution is 5.80. The van der Waals surface area contributed by atoms with Crippen molar-refractivity contribution >= 4 is 5.97 Å². The molecule has 24 heavy (non-hydrogen) atoms. The predicted octanol–water partition coefficient (Wildman–Crippen LogP) is 5.48. The maximum Gasteiger partial charge on any atom is 0.328 e. The minimum absolute atomic E-state index is 0.261. The van der Waals surface area contributed by atoms with E-state index in [1.807, 2.05) is 6.08 Å². The van der Waals surface area contributed by atoms with E-state index in [1.54, 1.807) is 12.2 Å². The standard InChI is InChI=1S/C20H31FO3/c1-2-3-4-5-6-10-15-19(22)16-11-8-7-9-13-18(21)14-12-17-20(23)24/h7-9,12-14,17,19,22H,2-6,10-11,15-16H2,1H3,(H,23,24). The number of hydrogen-bond acceptors (Lipinski definition) is 2. The van der Waals surface area contributed by atoms with Crippen LogP contribution >= 0.6 is 0 Å². The lowest BCUT2D eigenvalue weighted by molar-refractivity contribution is -0.131. The summed E-state index contributed by atoms with van der Waals surface area (Å²) in [5, 5.41) is 18.2. The summed E-state index contributed by atoms with van der Waals surface area (Å²) < 4.78 is 13.2. The van der Waals surface area contributed by atoms with E-state index in [0.29, 0.717) is 0 Å².